The minimum Gasteiger partial charge on any atom is -0.480 e. The highest BCUT2D eigenvalue weighted by Crippen LogP contribution is 2.35. The zero-order valence-electron chi connectivity index (χ0n) is 5.58. The zero-order chi connectivity index (χ0) is 7.78. The van der Waals surface area contributed by atoms with Crippen LogP contribution < -0.4 is 5.73 Å². The number of carbonyl (C=O) groups is 1. The minimum absolute atomic E-state index is 0.122. The molecule has 58 valence electrons. The molecule has 1 aliphatic carbocycles. The van der Waals surface area contributed by atoms with Gasteiger partial charge in [-0.15, -0.1) is 0 Å². The van der Waals surface area contributed by atoms with Gasteiger partial charge in [-0.3, -0.25) is 4.79 Å². The van der Waals surface area contributed by atoms with Crippen molar-refractivity contribution >= 4 is 5.97 Å². The molecule has 4 N–H and O–H groups in total. The number of nitrogens with two attached hydrogens (primary N) is 1. The van der Waals surface area contributed by atoms with Crippen LogP contribution in [0, 0.1) is 5.92 Å². The first kappa shape index (κ1) is 7.50. The van der Waals surface area contributed by atoms with E-state index >= 15 is 0 Å². The van der Waals surface area contributed by atoms with Crippen LogP contribution in [0.5, 0.6) is 0 Å². The fraction of sp³-hybridized carbons (Fsp3) is 0.833. The van der Waals surface area contributed by atoms with Crippen LogP contribution in [0.4, 0.5) is 0 Å². The first-order valence-electron chi connectivity index (χ1n) is 3.24. The van der Waals surface area contributed by atoms with Gasteiger partial charge in [0.1, 0.15) is 5.54 Å². The number of aliphatic hydroxyl groups is 1. The van der Waals surface area contributed by atoms with Gasteiger partial charge >= 0.3 is 5.97 Å². The number of hydrogen-bond donors (Lipinski definition) is 3. The maximum Gasteiger partial charge on any atom is 0.324 e. The number of rotatable bonds is 2. The molecule has 0 aromatic rings. The molecule has 1 aliphatic rings. The second kappa shape index (κ2) is 2.21. The second-order valence-corrected chi connectivity index (χ2v) is 2.76. The SMILES string of the molecule is N[C@@]1(C(=O)O)CCC1CO. The van der Waals surface area contributed by atoms with Gasteiger partial charge in [0.15, 0.2) is 0 Å². The Balaban J connectivity index is 2.61. The van der Waals surface area contributed by atoms with Crippen LogP contribution in [0.25, 0.3) is 0 Å². The summed E-state index contributed by atoms with van der Waals surface area (Å²) < 4.78 is 0. The summed E-state index contributed by atoms with van der Waals surface area (Å²) in [5, 5.41) is 17.2. The highest BCUT2D eigenvalue weighted by atomic mass is 16.4. The third-order valence-electron chi connectivity index (χ3n) is 2.25. The molecule has 1 fully saturated rings. The average Bonchev–Trinajstić information content (AvgIpc) is 1.85. The number of carboxylic acid groups (broad SMARTS) is 1. The van der Waals surface area contributed by atoms with Gasteiger partial charge < -0.3 is 15.9 Å². The van der Waals surface area contributed by atoms with E-state index in [2.05, 4.69) is 0 Å². The Morgan fingerprint density at radius 2 is 2.40 bits per heavy atom. The third-order valence-corrected chi connectivity index (χ3v) is 2.25. The summed E-state index contributed by atoms with van der Waals surface area (Å²) in [5.41, 5.74) is 4.30. The topological polar surface area (TPSA) is 83.6 Å². The van der Waals surface area contributed by atoms with E-state index in [0.717, 1.165) is 6.42 Å². The Kier molecular flexibility index (Phi) is 1.66. The minimum atomic E-state index is -1.14. The van der Waals surface area contributed by atoms with Crippen molar-refractivity contribution in [1.82, 2.24) is 0 Å². The van der Waals surface area contributed by atoms with Crippen LogP contribution in [-0.2, 0) is 4.79 Å². The zero-order valence-corrected chi connectivity index (χ0v) is 5.58. The molecule has 0 spiro atoms. The molecule has 0 aromatic carbocycles. The summed E-state index contributed by atoms with van der Waals surface area (Å²) in [6.07, 6.45) is 1.20. The second-order valence-electron chi connectivity index (χ2n) is 2.76. The van der Waals surface area contributed by atoms with Crippen molar-refractivity contribution in [3.63, 3.8) is 0 Å². The molecule has 4 heteroatoms. The molecular weight excluding hydrogens is 134 g/mol. The van der Waals surface area contributed by atoms with Gasteiger partial charge in [0.25, 0.3) is 0 Å². The van der Waals surface area contributed by atoms with Crippen LogP contribution in [0.1, 0.15) is 12.8 Å². The van der Waals surface area contributed by atoms with E-state index in [1.807, 2.05) is 0 Å². The monoisotopic (exact) mass is 145 g/mol. The van der Waals surface area contributed by atoms with Gasteiger partial charge in [-0.2, -0.15) is 0 Å². The fourth-order valence-electron chi connectivity index (χ4n) is 1.20. The summed E-state index contributed by atoms with van der Waals surface area (Å²) in [4.78, 5) is 10.4. The van der Waals surface area contributed by atoms with Crippen LogP contribution in [0.15, 0.2) is 0 Å². The van der Waals surface area contributed by atoms with Crippen molar-refractivity contribution in [3.8, 4) is 0 Å². The van der Waals surface area contributed by atoms with Crippen LogP contribution in [-0.4, -0.2) is 28.3 Å². The summed E-state index contributed by atoms with van der Waals surface area (Å²) >= 11 is 0. The quantitative estimate of drug-likeness (QED) is 0.473. The highest BCUT2D eigenvalue weighted by Gasteiger charge is 2.49. The van der Waals surface area contributed by atoms with E-state index in [-0.39, 0.29) is 12.5 Å². The van der Waals surface area contributed by atoms with E-state index in [1.165, 1.54) is 0 Å². The molecule has 0 bridgehead atoms. The molecule has 1 unspecified atom stereocenters. The predicted octanol–water partition coefficient (Wildman–Crippen LogP) is -0.829. The van der Waals surface area contributed by atoms with Crippen LogP contribution >= 0.6 is 0 Å². The average molecular weight is 145 g/mol. The summed E-state index contributed by atoms with van der Waals surface area (Å²) in [5.74, 6) is -1.25. The first-order valence-corrected chi connectivity index (χ1v) is 3.24. The summed E-state index contributed by atoms with van der Waals surface area (Å²) in [7, 11) is 0. The van der Waals surface area contributed by atoms with Crippen molar-refractivity contribution in [2.24, 2.45) is 11.7 Å². The van der Waals surface area contributed by atoms with Crippen molar-refractivity contribution in [2.75, 3.05) is 6.61 Å². The van der Waals surface area contributed by atoms with E-state index in [0.29, 0.717) is 6.42 Å². The lowest BCUT2D eigenvalue weighted by atomic mass is 9.68. The van der Waals surface area contributed by atoms with Crippen molar-refractivity contribution in [1.29, 1.82) is 0 Å². The van der Waals surface area contributed by atoms with E-state index in [9.17, 15) is 4.79 Å². The molecule has 0 heterocycles. The number of carboxylic acids is 1. The van der Waals surface area contributed by atoms with Gasteiger partial charge in [-0.1, -0.05) is 0 Å². The molecule has 0 saturated heterocycles. The van der Waals surface area contributed by atoms with Gasteiger partial charge in [-0.05, 0) is 12.8 Å². The van der Waals surface area contributed by atoms with Gasteiger partial charge in [0.05, 0.1) is 0 Å². The van der Waals surface area contributed by atoms with E-state index in [4.69, 9.17) is 15.9 Å². The Hall–Kier alpha value is -0.610. The van der Waals surface area contributed by atoms with E-state index in [1.54, 1.807) is 0 Å². The molecule has 0 radical (unpaired) electrons. The lowest BCUT2D eigenvalue weighted by molar-refractivity contribution is -0.151. The maximum atomic E-state index is 10.4. The Morgan fingerprint density at radius 3 is 2.50 bits per heavy atom. The number of aliphatic hydroxyl groups excluding tert-OH is 1. The van der Waals surface area contributed by atoms with Gasteiger partial charge in [0, 0.05) is 12.5 Å². The standard InChI is InChI=1S/C6H11NO3/c7-6(5(9)10)2-1-4(6)3-8/h4,8H,1-3,7H2,(H,9,10)/t4?,6-/m0/s1. The molecule has 1 saturated carbocycles. The maximum absolute atomic E-state index is 10.4. The third kappa shape index (κ3) is 0.803. The number of hydrogen-bond acceptors (Lipinski definition) is 3. The van der Waals surface area contributed by atoms with Gasteiger partial charge in [-0.25, -0.2) is 0 Å². The molecular formula is C6H11NO3. The fourth-order valence-corrected chi connectivity index (χ4v) is 1.20. The predicted molar refractivity (Wildman–Crippen MR) is 34.4 cm³/mol. The Morgan fingerprint density at radius 1 is 1.80 bits per heavy atom. The summed E-state index contributed by atoms with van der Waals surface area (Å²) in [6, 6.07) is 0. The molecule has 0 amide bonds. The smallest absolute Gasteiger partial charge is 0.324 e. The largest absolute Gasteiger partial charge is 0.480 e. The molecule has 0 aliphatic heterocycles. The Bertz CT molecular complexity index is 157. The normalized spacial score (nSPS) is 38.8. The van der Waals surface area contributed by atoms with E-state index < -0.39 is 11.5 Å². The lowest BCUT2D eigenvalue weighted by Gasteiger charge is -2.41. The van der Waals surface area contributed by atoms with Gasteiger partial charge in [0.2, 0.25) is 0 Å². The molecule has 10 heavy (non-hydrogen) atoms. The summed E-state index contributed by atoms with van der Waals surface area (Å²) in [6.45, 7) is -0.122. The lowest BCUT2D eigenvalue weighted by Crippen LogP contribution is -2.61. The highest BCUT2D eigenvalue weighted by molar-refractivity contribution is 5.80. The van der Waals surface area contributed by atoms with Crippen LogP contribution in [0.3, 0.4) is 0 Å². The van der Waals surface area contributed by atoms with Crippen LogP contribution in [0.2, 0.25) is 0 Å². The molecule has 1 rings (SSSR count). The van der Waals surface area contributed by atoms with Crippen molar-refractivity contribution in [3.05, 3.63) is 0 Å². The number of aliphatic carboxylic acids is 1. The Labute approximate surface area is 58.6 Å². The first-order chi connectivity index (χ1) is 4.61. The molecule has 4 nitrogen and oxygen atoms in total. The van der Waals surface area contributed by atoms with Crippen molar-refractivity contribution < 1.29 is 15.0 Å². The molecule has 2 atom stereocenters. The molecule has 0 aromatic heterocycles. The van der Waals surface area contributed by atoms with Crippen molar-refractivity contribution in [2.45, 2.75) is 18.4 Å².